The van der Waals surface area contributed by atoms with Gasteiger partial charge >= 0.3 is 0 Å². The van der Waals surface area contributed by atoms with Gasteiger partial charge in [-0.05, 0) is 80.4 Å². The Morgan fingerprint density at radius 3 is 2.31 bits per heavy atom. The molecule has 0 bridgehead atoms. The molecule has 1 fully saturated rings. The third-order valence-corrected chi connectivity index (χ3v) is 7.23. The highest BCUT2D eigenvalue weighted by Crippen LogP contribution is 2.48. The van der Waals surface area contributed by atoms with Gasteiger partial charge in [-0.2, -0.15) is 0 Å². The van der Waals surface area contributed by atoms with Crippen molar-refractivity contribution in [1.29, 1.82) is 0 Å². The third-order valence-electron chi connectivity index (χ3n) is 6.31. The van der Waals surface area contributed by atoms with E-state index in [4.69, 9.17) is 0 Å². The summed E-state index contributed by atoms with van der Waals surface area (Å²) >= 11 is 7.14. The van der Waals surface area contributed by atoms with Crippen LogP contribution in [0.4, 0.5) is 4.39 Å². The summed E-state index contributed by atoms with van der Waals surface area (Å²) in [6.45, 7) is 3.85. The maximum atomic E-state index is 14.2. The van der Waals surface area contributed by atoms with E-state index in [9.17, 15) is 9.18 Å². The summed E-state index contributed by atoms with van der Waals surface area (Å²) in [7, 11) is 3.78. The predicted molar refractivity (Wildman–Crippen MR) is 123 cm³/mol. The van der Waals surface area contributed by atoms with E-state index in [1.807, 2.05) is 12.1 Å². The number of hydrogen-bond acceptors (Lipinski definition) is 2. The molecule has 1 saturated heterocycles. The summed E-state index contributed by atoms with van der Waals surface area (Å²) < 4.78 is 16.2. The topological polar surface area (TPSA) is 32.3 Å². The summed E-state index contributed by atoms with van der Waals surface area (Å²) in [5.74, 6) is -0.614. The lowest BCUT2D eigenvalue weighted by Crippen LogP contribution is -2.52. The van der Waals surface area contributed by atoms with Crippen molar-refractivity contribution >= 4 is 37.8 Å². The van der Waals surface area contributed by atoms with E-state index in [1.54, 1.807) is 19.2 Å². The quantitative estimate of drug-likeness (QED) is 0.560. The number of carbonyl (C=O) groups is 1. The first-order valence-electron chi connectivity index (χ1n) is 9.89. The Bertz CT molecular complexity index is 861. The van der Waals surface area contributed by atoms with E-state index in [0.717, 1.165) is 46.0 Å². The minimum Gasteiger partial charge on any atom is -0.359 e. The largest absolute Gasteiger partial charge is 0.359 e. The maximum Gasteiger partial charge on any atom is 0.224 e. The van der Waals surface area contributed by atoms with Gasteiger partial charge in [0.25, 0.3) is 0 Å². The Labute approximate surface area is 189 Å². The highest BCUT2D eigenvalue weighted by atomic mass is 79.9. The van der Waals surface area contributed by atoms with Crippen molar-refractivity contribution in [2.75, 3.05) is 27.2 Å². The molecule has 1 aliphatic heterocycles. The first-order valence-corrected chi connectivity index (χ1v) is 11.5. The molecule has 2 aromatic carbocycles. The van der Waals surface area contributed by atoms with Crippen molar-refractivity contribution in [1.82, 2.24) is 10.2 Å². The Hall–Kier alpha value is -1.24. The molecule has 1 aliphatic rings. The van der Waals surface area contributed by atoms with Crippen LogP contribution in [0, 0.1) is 11.7 Å². The average Bonchev–Trinajstić information content (AvgIpc) is 2.68. The molecule has 2 atom stereocenters. The smallest absolute Gasteiger partial charge is 0.224 e. The molecule has 2 unspecified atom stereocenters. The Morgan fingerprint density at radius 1 is 1.14 bits per heavy atom. The van der Waals surface area contributed by atoms with E-state index in [0.29, 0.717) is 0 Å². The Balaban J connectivity index is 2.15. The summed E-state index contributed by atoms with van der Waals surface area (Å²) in [6, 6.07) is 12.9. The number of amides is 1. The fourth-order valence-electron chi connectivity index (χ4n) is 4.74. The zero-order chi connectivity index (χ0) is 21.2. The number of halogens is 3. The minimum atomic E-state index is -0.428. The van der Waals surface area contributed by atoms with Gasteiger partial charge < -0.3 is 10.2 Å². The number of carbonyl (C=O) groups excluding carboxylic acids is 1. The average molecular weight is 526 g/mol. The van der Waals surface area contributed by atoms with Gasteiger partial charge in [-0.3, -0.25) is 4.79 Å². The van der Waals surface area contributed by atoms with Crippen molar-refractivity contribution < 1.29 is 9.18 Å². The first-order chi connectivity index (χ1) is 13.8. The van der Waals surface area contributed by atoms with Crippen LogP contribution in [-0.2, 0) is 10.2 Å². The van der Waals surface area contributed by atoms with Gasteiger partial charge in [0, 0.05) is 21.4 Å². The monoisotopic (exact) mass is 524 g/mol. The Morgan fingerprint density at radius 2 is 1.76 bits per heavy atom. The van der Waals surface area contributed by atoms with Crippen LogP contribution >= 0.6 is 31.9 Å². The van der Waals surface area contributed by atoms with E-state index in [1.165, 1.54) is 6.07 Å². The highest BCUT2D eigenvalue weighted by Gasteiger charge is 2.48. The second-order valence-corrected chi connectivity index (χ2v) is 9.88. The molecule has 1 heterocycles. The molecule has 1 amide bonds. The lowest BCUT2D eigenvalue weighted by Gasteiger charge is -2.47. The van der Waals surface area contributed by atoms with Gasteiger partial charge in [0.2, 0.25) is 5.91 Å². The van der Waals surface area contributed by atoms with Crippen LogP contribution in [0.25, 0.3) is 0 Å². The van der Waals surface area contributed by atoms with Crippen LogP contribution in [-0.4, -0.2) is 38.0 Å². The molecule has 6 heteroatoms. The number of likely N-dealkylation sites (tertiary alicyclic amines) is 1. The van der Waals surface area contributed by atoms with Gasteiger partial charge in [0.1, 0.15) is 5.82 Å². The number of hydrogen-bond donors (Lipinski definition) is 1. The van der Waals surface area contributed by atoms with Gasteiger partial charge in [-0.15, -0.1) is 0 Å². The zero-order valence-electron chi connectivity index (χ0n) is 17.0. The van der Waals surface area contributed by atoms with Crippen molar-refractivity contribution in [3.05, 3.63) is 68.4 Å². The van der Waals surface area contributed by atoms with Gasteiger partial charge in [-0.25, -0.2) is 4.39 Å². The van der Waals surface area contributed by atoms with Gasteiger partial charge in [0.05, 0.1) is 5.92 Å². The molecule has 3 nitrogen and oxygen atoms in total. The van der Waals surface area contributed by atoms with Crippen molar-refractivity contribution in [2.24, 2.45) is 5.92 Å². The fraction of sp³-hybridized carbons (Fsp3) is 0.435. The predicted octanol–water partition coefficient (Wildman–Crippen LogP) is 5.48. The molecule has 29 heavy (non-hydrogen) atoms. The molecular formula is C23H27Br2FN2O. The molecule has 0 radical (unpaired) electrons. The molecular weight excluding hydrogens is 499 g/mol. The molecule has 0 saturated carbocycles. The van der Waals surface area contributed by atoms with Crippen LogP contribution in [0.3, 0.4) is 0 Å². The molecule has 156 valence electrons. The lowest BCUT2D eigenvalue weighted by atomic mass is 9.59. The second kappa shape index (κ2) is 9.27. The van der Waals surface area contributed by atoms with E-state index < -0.39 is 5.41 Å². The summed E-state index contributed by atoms with van der Waals surface area (Å²) in [4.78, 5) is 15.6. The van der Waals surface area contributed by atoms with Gasteiger partial charge in [0.15, 0.2) is 0 Å². The van der Waals surface area contributed by atoms with Crippen molar-refractivity contribution in [3.8, 4) is 0 Å². The summed E-state index contributed by atoms with van der Waals surface area (Å²) in [5, 5.41) is 2.89. The SMILES string of the molecule is CNC(=O)C(C(C)c1cc(Br)cc(Br)c1)C1(c2cccc(F)c2)CCN(C)CC1. The number of rotatable bonds is 5. The molecule has 1 N–H and O–H groups in total. The van der Waals surface area contributed by atoms with Crippen LogP contribution < -0.4 is 5.32 Å². The Kier molecular flexibility index (Phi) is 7.18. The van der Waals surface area contributed by atoms with E-state index in [2.05, 4.69) is 68.2 Å². The van der Waals surface area contributed by atoms with Gasteiger partial charge in [-0.1, -0.05) is 50.9 Å². The molecule has 3 rings (SSSR count). The van der Waals surface area contributed by atoms with E-state index >= 15 is 0 Å². The lowest BCUT2D eigenvalue weighted by molar-refractivity contribution is -0.128. The molecule has 0 aromatic heterocycles. The van der Waals surface area contributed by atoms with Crippen LogP contribution in [0.1, 0.15) is 36.8 Å². The van der Waals surface area contributed by atoms with Crippen molar-refractivity contribution in [3.63, 3.8) is 0 Å². The first kappa shape index (κ1) is 22.4. The number of nitrogens with zero attached hydrogens (tertiary/aromatic N) is 1. The number of piperidine rings is 1. The van der Waals surface area contributed by atoms with Crippen LogP contribution in [0.2, 0.25) is 0 Å². The summed E-state index contributed by atoms with van der Waals surface area (Å²) in [5.41, 5.74) is 1.57. The van der Waals surface area contributed by atoms with Crippen LogP contribution in [0.15, 0.2) is 51.4 Å². The number of nitrogens with one attached hydrogen (secondary N) is 1. The summed E-state index contributed by atoms with van der Waals surface area (Å²) in [6.07, 6.45) is 1.62. The zero-order valence-corrected chi connectivity index (χ0v) is 20.2. The fourth-order valence-corrected chi connectivity index (χ4v) is 6.07. The molecule has 0 aliphatic carbocycles. The normalized spacial score (nSPS) is 18.8. The molecule has 0 spiro atoms. The maximum absolute atomic E-state index is 14.2. The minimum absolute atomic E-state index is 0.00223. The molecule has 2 aromatic rings. The van der Waals surface area contributed by atoms with E-state index in [-0.39, 0.29) is 23.6 Å². The standard InChI is InChI=1S/C23H27Br2FN2O/c1-15(16-11-18(24)14-19(25)12-16)21(22(29)27-2)23(7-9-28(3)10-8-23)17-5-4-6-20(26)13-17/h4-6,11-15,21H,7-10H2,1-3H3,(H,27,29). The third kappa shape index (κ3) is 4.75. The van der Waals surface area contributed by atoms with Crippen molar-refractivity contribution in [2.45, 2.75) is 31.1 Å². The number of benzene rings is 2. The van der Waals surface area contributed by atoms with Crippen LogP contribution in [0.5, 0.6) is 0 Å². The second-order valence-electron chi connectivity index (χ2n) is 8.05. The highest BCUT2D eigenvalue weighted by molar-refractivity contribution is 9.11.